The zero-order valence-electron chi connectivity index (χ0n) is 21.5. The largest absolute Gasteiger partial charge is 0.484 e. The third kappa shape index (κ3) is 7.69. The number of aryl methyl sites for hydroxylation is 2. The number of rotatable bonds is 11. The van der Waals surface area contributed by atoms with E-state index in [2.05, 4.69) is 21.2 Å². The van der Waals surface area contributed by atoms with Crippen LogP contribution in [0.15, 0.2) is 77.3 Å². The number of halogens is 1. The van der Waals surface area contributed by atoms with Crippen LogP contribution in [0.4, 0.5) is 0 Å². The second-order valence-electron chi connectivity index (χ2n) is 9.19. The van der Waals surface area contributed by atoms with E-state index in [4.69, 9.17) is 4.74 Å². The summed E-state index contributed by atoms with van der Waals surface area (Å²) in [5, 5.41) is 3.09. The monoisotopic (exact) mass is 550 g/mol. The number of carbonyl (C=O) groups excluding carboxylic acids is 2. The molecule has 6 heteroatoms. The molecule has 0 aliphatic heterocycles. The first-order valence-corrected chi connectivity index (χ1v) is 13.1. The first-order chi connectivity index (χ1) is 17.3. The topological polar surface area (TPSA) is 58.6 Å². The number of nitrogens with one attached hydrogen (secondary N) is 1. The van der Waals surface area contributed by atoms with Gasteiger partial charge in [0.1, 0.15) is 11.8 Å². The number of ether oxygens (including phenoxy) is 1. The fourth-order valence-electron chi connectivity index (χ4n) is 3.99. The maximum atomic E-state index is 13.7. The SMILES string of the molecule is CC[C@@H](C)NC(=O)[C@H](Cc1ccccc1)N(Cc1ccccc1)C(=O)COc1cc(C)c(Br)c(C)c1. The molecular formula is C30H35BrN2O3. The summed E-state index contributed by atoms with van der Waals surface area (Å²) >= 11 is 3.57. The van der Waals surface area contributed by atoms with Gasteiger partial charge in [0.2, 0.25) is 5.91 Å². The Morgan fingerprint density at radius 3 is 2.06 bits per heavy atom. The average molecular weight is 552 g/mol. The van der Waals surface area contributed by atoms with Crippen LogP contribution in [0.3, 0.4) is 0 Å². The van der Waals surface area contributed by atoms with E-state index in [0.717, 1.165) is 33.1 Å². The summed E-state index contributed by atoms with van der Waals surface area (Å²) in [7, 11) is 0. The van der Waals surface area contributed by atoms with Crippen molar-refractivity contribution in [2.24, 2.45) is 0 Å². The van der Waals surface area contributed by atoms with E-state index < -0.39 is 6.04 Å². The molecule has 0 unspecified atom stereocenters. The molecule has 1 N–H and O–H groups in total. The zero-order valence-corrected chi connectivity index (χ0v) is 23.0. The molecule has 0 aromatic heterocycles. The van der Waals surface area contributed by atoms with Crippen LogP contribution in [-0.4, -0.2) is 35.4 Å². The Bertz CT molecular complexity index is 1130. The molecular weight excluding hydrogens is 516 g/mol. The van der Waals surface area contributed by atoms with Crippen LogP contribution in [0.5, 0.6) is 5.75 Å². The summed E-state index contributed by atoms with van der Waals surface area (Å²) in [6, 6.07) is 22.7. The third-order valence-electron chi connectivity index (χ3n) is 6.24. The highest BCUT2D eigenvalue weighted by Crippen LogP contribution is 2.26. The van der Waals surface area contributed by atoms with Crippen molar-refractivity contribution in [2.45, 2.75) is 59.2 Å². The van der Waals surface area contributed by atoms with Crippen molar-refractivity contribution in [1.29, 1.82) is 0 Å². The molecule has 0 spiro atoms. The van der Waals surface area contributed by atoms with Gasteiger partial charge in [-0.25, -0.2) is 0 Å². The Balaban J connectivity index is 1.90. The lowest BCUT2D eigenvalue weighted by atomic mass is 10.0. The average Bonchev–Trinajstić information content (AvgIpc) is 2.88. The van der Waals surface area contributed by atoms with Gasteiger partial charge in [0.25, 0.3) is 5.91 Å². The Morgan fingerprint density at radius 2 is 1.50 bits per heavy atom. The van der Waals surface area contributed by atoms with Gasteiger partial charge in [0.15, 0.2) is 6.61 Å². The number of hydrogen-bond acceptors (Lipinski definition) is 3. The minimum Gasteiger partial charge on any atom is -0.484 e. The van der Waals surface area contributed by atoms with Crippen LogP contribution in [0.1, 0.15) is 42.5 Å². The van der Waals surface area contributed by atoms with Gasteiger partial charge in [-0.05, 0) is 61.6 Å². The maximum Gasteiger partial charge on any atom is 0.261 e. The highest BCUT2D eigenvalue weighted by atomic mass is 79.9. The van der Waals surface area contributed by atoms with Crippen molar-refractivity contribution < 1.29 is 14.3 Å². The molecule has 0 aliphatic rings. The molecule has 5 nitrogen and oxygen atoms in total. The molecule has 3 aromatic rings. The van der Waals surface area contributed by atoms with Crippen molar-refractivity contribution in [2.75, 3.05) is 6.61 Å². The van der Waals surface area contributed by atoms with E-state index in [0.29, 0.717) is 18.7 Å². The quantitative estimate of drug-likeness (QED) is 0.318. The molecule has 2 amide bonds. The molecule has 3 rings (SSSR count). The molecule has 0 fully saturated rings. The van der Waals surface area contributed by atoms with Gasteiger partial charge in [0, 0.05) is 23.5 Å². The number of benzene rings is 3. The molecule has 3 aromatic carbocycles. The molecule has 0 aliphatic carbocycles. The summed E-state index contributed by atoms with van der Waals surface area (Å²) in [6.07, 6.45) is 1.22. The molecule has 2 atom stereocenters. The van der Waals surface area contributed by atoms with Crippen LogP contribution in [0.25, 0.3) is 0 Å². The molecule has 36 heavy (non-hydrogen) atoms. The van der Waals surface area contributed by atoms with Crippen molar-refractivity contribution in [3.63, 3.8) is 0 Å². The summed E-state index contributed by atoms with van der Waals surface area (Å²) in [6.45, 7) is 8.13. The predicted octanol–water partition coefficient (Wildman–Crippen LogP) is 6.00. The second kappa shape index (κ2) is 13.3. The summed E-state index contributed by atoms with van der Waals surface area (Å²) in [4.78, 5) is 28.8. The van der Waals surface area contributed by atoms with Gasteiger partial charge in [-0.15, -0.1) is 0 Å². The normalized spacial score (nSPS) is 12.5. The maximum absolute atomic E-state index is 13.7. The van der Waals surface area contributed by atoms with E-state index in [9.17, 15) is 9.59 Å². The van der Waals surface area contributed by atoms with Gasteiger partial charge in [-0.1, -0.05) is 83.5 Å². The van der Waals surface area contributed by atoms with E-state index in [1.165, 1.54) is 0 Å². The molecule has 190 valence electrons. The summed E-state index contributed by atoms with van der Waals surface area (Å²) < 4.78 is 6.97. The molecule has 0 saturated carbocycles. The van der Waals surface area contributed by atoms with Crippen LogP contribution < -0.4 is 10.1 Å². The third-order valence-corrected chi connectivity index (χ3v) is 7.49. The molecule has 0 bridgehead atoms. The van der Waals surface area contributed by atoms with Gasteiger partial charge in [-0.2, -0.15) is 0 Å². The fourth-order valence-corrected chi connectivity index (χ4v) is 4.22. The molecule has 0 heterocycles. The van der Waals surface area contributed by atoms with Crippen LogP contribution >= 0.6 is 15.9 Å². The van der Waals surface area contributed by atoms with Crippen molar-refractivity contribution in [3.05, 3.63) is 99.5 Å². The lowest BCUT2D eigenvalue weighted by molar-refractivity contribution is -0.143. The minimum absolute atomic E-state index is 0.00872. The van der Waals surface area contributed by atoms with E-state index >= 15 is 0 Å². The Labute approximate surface area is 223 Å². The van der Waals surface area contributed by atoms with E-state index in [1.807, 2.05) is 100 Å². The lowest BCUT2D eigenvalue weighted by Gasteiger charge is -2.32. The Morgan fingerprint density at radius 1 is 0.944 bits per heavy atom. The molecule has 0 radical (unpaired) electrons. The standard InChI is InChI=1S/C30H35BrN2O3/c1-5-23(4)32-30(35)27(18-24-12-8-6-9-13-24)33(19-25-14-10-7-11-15-25)28(34)20-36-26-16-21(2)29(31)22(3)17-26/h6-17,23,27H,5,18-20H2,1-4H3,(H,32,35)/t23-,27+/m1/s1. The molecule has 0 saturated heterocycles. The van der Waals surface area contributed by atoms with Gasteiger partial charge >= 0.3 is 0 Å². The van der Waals surface area contributed by atoms with Crippen LogP contribution in [0, 0.1) is 13.8 Å². The van der Waals surface area contributed by atoms with Crippen LogP contribution in [0.2, 0.25) is 0 Å². The number of nitrogens with zero attached hydrogens (tertiary/aromatic N) is 1. The number of carbonyl (C=O) groups is 2. The smallest absolute Gasteiger partial charge is 0.261 e. The highest BCUT2D eigenvalue weighted by molar-refractivity contribution is 9.10. The number of hydrogen-bond donors (Lipinski definition) is 1. The van der Waals surface area contributed by atoms with Crippen molar-refractivity contribution in [3.8, 4) is 5.75 Å². The van der Waals surface area contributed by atoms with Crippen LogP contribution in [-0.2, 0) is 22.6 Å². The summed E-state index contributed by atoms with van der Waals surface area (Å²) in [5.41, 5.74) is 4.02. The highest BCUT2D eigenvalue weighted by Gasteiger charge is 2.31. The van der Waals surface area contributed by atoms with Crippen molar-refractivity contribution in [1.82, 2.24) is 10.2 Å². The van der Waals surface area contributed by atoms with Gasteiger partial charge in [0.05, 0.1) is 0 Å². The van der Waals surface area contributed by atoms with E-state index in [-0.39, 0.29) is 24.5 Å². The first kappa shape index (κ1) is 27.5. The zero-order chi connectivity index (χ0) is 26.1. The minimum atomic E-state index is -0.675. The number of amides is 2. The lowest BCUT2D eigenvalue weighted by Crippen LogP contribution is -2.53. The van der Waals surface area contributed by atoms with Crippen molar-refractivity contribution >= 4 is 27.7 Å². The van der Waals surface area contributed by atoms with Gasteiger partial charge < -0.3 is 15.0 Å². The predicted molar refractivity (Wildman–Crippen MR) is 148 cm³/mol. The Kier molecular flexibility index (Phi) is 10.1. The first-order valence-electron chi connectivity index (χ1n) is 12.4. The Hall–Kier alpha value is -3.12. The van der Waals surface area contributed by atoms with E-state index in [1.54, 1.807) is 4.90 Å². The summed E-state index contributed by atoms with van der Waals surface area (Å²) in [5.74, 6) is 0.231. The fraction of sp³-hybridized carbons (Fsp3) is 0.333. The second-order valence-corrected chi connectivity index (χ2v) is 9.98. The van der Waals surface area contributed by atoms with Gasteiger partial charge in [-0.3, -0.25) is 9.59 Å².